The Labute approximate surface area is 82.6 Å². The molecule has 4 nitrogen and oxygen atoms in total. The van der Waals surface area contributed by atoms with E-state index in [4.69, 9.17) is 0 Å². The molecule has 0 aromatic heterocycles. The Morgan fingerprint density at radius 3 is 2.21 bits per heavy atom. The Hall–Kier alpha value is -1.58. The van der Waals surface area contributed by atoms with E-state index in [1.165, 1.54) is 0 Å². The van der Waals surface area contributed by atoms with Crippen LogP contribution in [0.3, 0.4) is 0 Å². The van der Waals surface area contributed by atoms with Crippen LogP contribution in [0.5, 0.6) is 0 Å². The molecule has 4 heteroatoms. The van der Waals surface area contributed by atoms with Crippen molar-refractivity contribution in [2.45, 2.75) is 27.4 Å². The van der Waals surface area contributed by atoms with Crippen molar-refractivity contribution in [2.24, 2.45) is 0 Å². The Bertz CT molecular complexity index is 337. The summed E-state index contributed by atoms with van der Waals surface area (Å²) in [6, 6.07) is 3.98. The summed E-state index contributed by atoms with van der Waals surface area (Å²) in [5, 5.41) is 9.28. The third-order valence-corrected chi connectivity index (χ3v) is 2.15. The van der Waals surface area contributed by atoms with Gasteiger partial charge in [-0.1, -0.05) is 17.7 Å². The lowest BCUT2D eigenvalue weighted by molar-refractivity contribution is -0.763. The third-order valence-electron chi connectivity index (χ3n) is 2.15. The summed E-state index contributed by atoms with van der Waals surface area (Å²) in [5.74, 6) is 0. The Balaban J connectivity index is 2.91. The standard InChI is InChI=1S/C10H13NO3/c1-7-4-8(2)10(9(3)5-7)6-14-11(12)13/h4-5H,6H2,1-3H3. The zero-order chi connectivity index (χ0) is 10.7. The Kier molecular flexibility index (Phi) is 3.06. The second kappa shape index (κ2) is 4.09. The summed E-state index contributed by atoms with van der Waals surface area (Å²) in [5.41, 5.74) is 4.12. The second-order valence-corrected chi connectivity index (χ2v) is 3.37. The lowest BCUT2D eigenvalue weighted by Crippen LogP contribution is -2.04. The fourth-order valence-corrected chi connectivity index (χ4v) is 1.55. The molecule has 0 saturated carbocycles. The zero-order valence-corrected chi connectivity index (χ0v) is 8.53. The molecule has 14 heavy (non-hydrogen) atoms. The van der Waals surface area contributed by atoms with Gasteiger partial charge in [0.25, 0.3) is 5.09 Å². The average Bonchev–Trinajstić information content (AvgIpc) is 2.01. The quantitative estimate of drug-likeness (QED) is 0.549. The highest BCUT2D eigenvalue weighted by molar-refractivity contribution is 5.36. The number of hydrogen-bond acceptors (Lipinski definition) is 3. The summed E-state index contributed by atoms with van der Waals surface area (Å²) in [7, 11) is 0. The van der Waals surface area contributed by atoms with Crippen molar-refractivity contribution in [1.82, 2.24) is 0 Å². The number of benzene rings is 1. The minimum absolute atomic E-state index is 0.0327. The van der Waals surface area contributed by atoms with Crippen LogP contribution in [0.1, 0.15) is 22.3 Å². The van der Waals surface area contributed by atoms with Gasteiger partial charge in [-0.25, -0.2) is 0 Å². The molecule has 0 bridgehead atoms. The van der Waals surface area contributed by atoms with Crippen molar-refractivity contribution in [3.63, 3.8) is 0 Å². The average molecular weight is 195 g/mol. The Morgan fingerprint density at radius 1 is 1.29 bits per heavy atom. The van der Waals surface area contributed by atoms with Gasteiger partial charge in [-0.3, -0.25) is 0 Å². The van der Waals surface area contributed by atoms with Crippen molar-refractivity contribution < 1.29 is 9.92 Å². The zero-order valence-electron chi connectivity index (χ0n) is 8.53. The fraction of sp³-hybridized carbons (Fsp3) is 0.400. The molecule has 0 atom stereocenters. The van der Waals surface area contributed by atoms with E-state index in [-0.39, 0.29) is 6.61 Å². The largest absolute Gasteiger partial charge is 0.309 e. The molecule has 0 N–H and O–H groups in total. The molecule has 1 aromatic carbocycles. The van der Waals surface area contributed by atoms with Gasteiger partial charge in [0.1, 0.15) is 6.61 Å². The van der Waals surface area contributed by atoms with Crippen LogP contribution in [0.15, 0.2) is 12.1 Å². The summed E-state index contributed by atoms with van der Waals surface area (Å²) in [4.78, 5) is 14.4. The summed E-state index contributed by atoms with van der Waals surface area (Å²) in [6.07, 6.45) is 0. The van der Waals surface area contributed by atoms with Gasteiger partial charge in [-0.05, 0) is 37.5 Å². The monoisotopic (exact) mass is 195 g/mol. The van der Waals surface area contributed by atoms with Crippen LogP contribution in [0.2, 0.25) is 0 Å². The van der Waals surface area contributed by atoms with E-state index >= 15 is 0 Å². The maximum Gasteiger partial charge on any atom is 0.294 e. The summed E-state index contributed by atoms with van der Waals surface area (Å²) >= 11 is 0. The minimum Gasteiger partial charge on any atom is -0.309 e. The van der Waals surface area contributed by atoms with Crippen LogP contribution in [0.25, 0.3) is 0 Å². The molecule has 0 spiro atoms. The maximum atomic E-state index is 10.0. The topological polar surface area (TPSA) is 52.4 Å². The summed E-state index contributed by atoms with van der Waals surface area (Å²) in [6.45, 7) is 5.89. The molecule has 0 heterocycles. The number of rotatable bonds is 3. The van der Waals surface area contributed by atoms with Crippen LogP contribution in [-0.2, 0) is 11.4 Å². The molecule has 0 unspecified atom stereocenters. The van der Waals surface area contributed by atoms with Crippen molar-refractivity contribution in [1.29, 1.82) is 0 Å². The van der Waals surface area contributed by atoms with Crippen molar-refractivity contribution in [3.05, 3.63) is 44.5 Å². The molecule has 1 rings (SSSR count). The lowest BCUT2D eigenvalue weighted by Gasteiger charge is -2.09. The molecule has 0 aliphatic carbocycles. The highest BCUT2D eigenvalue weighted by Crippen LogP contribution is 2.17. The van der Waals surface area contributed by atoms with Crippen LogP contribution >= 0.6 is 0 Å². The highest BCUT2D eigenvalue weighted by Gasteiger charge is 2.05. The van der Waals surface area contributed by atoms with Gasteiger partial charge < -0.3 is 4.84 Å². The van der Waals surface area contributed by atoms with Crippen LogP contribution in [0.4, 0.5) is 0 Å². The Morgan fingerprint density at radius 2 is 1.79 bits per heavy atom. The van der Waals surface area contributed by atoms with Gasteiger partial charge in [-0.2, -0.15) is 0 Å². The smallest absolute Gasteiger partial charge is 0.294 e. The van der Waals surface area contributed by atoms with Crippen LogP contribution in [-0.4, -0.2) is 5.09 Å². The number of aryl methyl sites for hydroxylation is 3. The van der Waals surface area contributed by atoms with Crippen molar-refractivity contribution >= 4 is 0 Å². The lowest BCUT2D eigenvalue weighted by atomic mass is 10.0. The number of hydrogen-bond donors (Lipinski definition) is 0. The maximum absolute atomic E-state index is 10.0. The second-order valence-electron chi connectivity index (χ2n) is 3.37. The molecular formula is C10H13NO3. The summed E-state index contributed by atoms with van der Waals surface area (Å²) < 4.78 is 0. The molecule has 0 aliphatic heterocycles. The molecule has 0 fully saturated rings. The fourth-order valence-electron chi connectivity index (χ4n) is 1.55. The third kappa shape index (κ3) is 2.45. The van der Waals surface area contributed by atoms with Gasteiger partial charge in [0.2, 0.25) is 0 Å². The first kappa shape index (κ1) is 10.5. The van der Waals surface area contributed by atoms with Crippen LogP contribution < -0.4 is 0 Å². The van der Waals surface area contributed by atoms with E-state index in [1.807, 2.05) is 32.9 Å². The van der Waals surface area contributed by atoms with Crippen LogP contribution in [0, 0.1) is 30.9 Å². The minimum atomic E-state index is -0.765. The van der Waals surface area contributed by atoms with E-state index in [0.29, 0.717) is 0 Å². The molecule has 0 aliphatic rings. The first-order valence-electron chi connectivity index (χ1n) is 4.34. The SMILES string of the molecule is Cc1cc(C)c(CO[N+](=O)[O-])c(C)c1. The molecular weight excluding hydrogens is 182 g/mol. The predicted octanol–water partition coefficient (Wildman–Crippen LogP) is 2.32. The van der Waals surface area contributed by atoms with Gasteiger partial charge >= 0.3 is 0 Å². The normalized spacial score (nSPS) is 9.93. The van der Waals surface area contributed by atoms with E-state index in [0.717, 1.165) is 22.3 Å². The van der Waals surface area contributed by atoms with Crippen molar-refractivity contribution in [3.8, 4) is 0 Å². The van der Waals surface area contributed by atoms with E-state index in [9.17, 15) is 10.1 Å². The van der Waals surface area contributed by atoms with E-state index in [2.05, 4.69) is 4.84 Å². The van der Waals surface area contributed by atoms with Gasteiger partial charge in [-0.15, -0.1) is 10.1 Å². The first-order valence-corrected chi connectivity index (χ1v) is 4.34. The van der Waals surface area contributed by atoms with Crippen molar-refractivity contribution in [2.75, 3.05) is 0 Å². The molecule has 0 amide bonds. The van der Waals surface area contributed by atoms with Gasteiger partial charge in [0, 0.05) is 0 Å². The van der Waals surface area contributed by atoms with E-state index < -0.39 is 5.09 Å². The van der Waals surface area contributed by atoms with Gasteiger partial charge in [0.05, 0.1) is 0 Å². The van der Waals surface area contributed by atoms with E-state index in [1.54, 1.807) is 0 Å². The van der Waals surface area contributed by atoms with Gasteiger partial charge in [0.15, 0.2) is 0 Å². The molecule has 0 saturated heterocycles. The molecule has 76 valence electrons. The first-order chi connectivity index (χ1) is 6.50. The predicted molar refractivity (Wildman–Crippen MR) is 52.4 cm³/mol. The molecule has 1 aromatic rings. The highest BCUT2D eigenvalue weighted by atomic mass is 16.9. The number of nitrogens with zero attached hydrogens (tertiary/aromatic N) is 1. The molecule has 0 radical (unpaired) electrons.